The number of aliphatic hydroxyl groups excluding tert-OH is 1. The summed E-state index contributed by atoms with van der Waals surface area (Å²) in [5, 5.41) is 15.9. The lowest BCUT2D eigenvalue weighted by Gasteiger charge is -2.08. The van der Waals surface area contributed by atoms with Crippen molar-refractivity contribution >= 4 is 50.6 Å². The molecule has 2 aromatic heterocycles. The smallest absolute Gasteiger partial charge is 0.254 e. The van der Waals surface area contributed by atoms with Crippen LogP contribution in [0, 0.1) is 0 Å². The minimum Gasteiger partial charge on any atom is -0.369 e. The lowest BCUT2D eigenvalue weighted by atomic mass is 9.95. The number of thioether (sulfide) groups is 1. The van der Waals surface area contributed by atoms with E-state index in [2.05, 4.69) is 51.1 Å². The van der Waals surface area contributed by atoms with E-state index in [1.54, 1.807) is 0 Å². The van der Waals surface area contributed by atoms with E-state index in [0.29, 0.717) is 11.1 Å². The molecule has 2 aromatic carbocycles. The fraction of sp³-hybridized carbons (Fsp3) is 0.269. The first-order chi connectivity index (χ1) is 15.7. The van der Waals surface area contributed by atoms with Crippen molar-refractivity contribution in [2.24, 2.45) is 0 Å². The van der Waals surface area contributed by atoms with Gasteiger partial charge in [0, 0.05) is 64.0 Å². The Balaban J connectivity index is 1.67. The number of rotatable bonds is 0. The third-order valence-corrected chi connectivity index (χ3v) is 7.70. The zero-order valence-corrected chi connectivity index (χ0v) is 18.6. The monoisotopic (exact) mass is 443 g/mol. The number of amides is 1. The summed E-state index contributed by atoms with van der Waals surface area (Å²) >= 11 is 2.01. The van der Waals surface area contributed by atoms with Crippen molar-refractivity contribution in [1.29, 1.82) is 0 Å². The zero-order valence-electron chi connectivity index (χ0n) is 17.8. The number of hydrogen-bond donors (Lipinski definition) is 2. The van der Waals surface area contributed by atoms with Crippen LogP contribution in [-0.2, 0) is 17.9 Å². The summed E-state index contributed by atoms with van der Waals surface area (Å²) < 4.78 is 4.53. The highest BCUT2D eigenvalue weighted by molar-refractivity contribution is 7.99. The number of nitrogens with one attached hydrogen (secondary N) is 1. The van der Waals surface area contributed by atoms with Gasteiger partial charge in [-0.1, -0.05) is 36.4 Å². The van der Waals surface area contributed by atoms with E-state index in [0.717, 1.165) is 70.4 Å². The van der Waals surface area contributed by atoms with Gasteiger partial charge in [0.1, 0.15) is 0 Å². The average Bonchev–Trinajstić information content (AvgIpc) is 3.43. The van der Waals surface area contributed by atoms with Gasteiger partial charge in [-0.2, -0.15) is 11.8 Å². The number of hydrogen-bond acceptors (Lipinski definition) is 3. The molecule has 5 nitrogen and oxygen atoms in total. The number of carbonyl (C=O) groups excluding carboxylic acids is 1. The van der Waals surface area contributed by atoms with Gasteiger partial charge in [-0.15, -0.1) is 0 Å². The van der Waals surface area contributed by atoms with Crippen molar-refractivity contribution in [3.8, 4) is 0 Å². The van der Waals surface area contributed by atoms with Gasteiger partial charge in [-0.25, -0.2) is 0 Å². The average molecular weight is 444 g/mol. The topological polar surface area (TPSA) is 59.2 Å². The Kier molecular flexibility index (Phi) is 4.85. The normalized spacial score (nSPS) is 19.7. The number of carbonyl (C=O) groups is 1. The number of benzene rings is 2. The van der Waals surface area contributed by atoms with Crippen LogP contribution in [0.2, 0.25) is 0 Å². The van der Waals surface area contributed by atoms with Crippen molar-refractivity contribution in [3.05, 3.63) is 72.1 Å². The minimum absolute atomic E-state index is 0.216. The van der Waals surface area contributed by atoms with Crippen LogP contribution in [0.15, 0.2) is 60.9 Å². The number of fused-ring (bicyclic) bond motifs is 12. The summed E-state index contributed by atoms with van der Waals surface area (Å²) in [6, 6.07) is 16.5. The van der Waals surface area contributed by atoms with E-state index in [4.69, 9.17) is 0 Å². The minimum atomic E-state index is -1.02. The molecule has 2 aliphatic heterocycles. The van der Waals surface area contributed by atoms with Gasteiger partial charge in [-0.3, -0.25) is 4.79 Å². The van der Waals surface area contributed by atoms with E-state index in [1.165, 1.54) is 0 Å². The van der Waals surface area contributed by atoms with Crippen LogP contribution in [0.5, 0.6) is 0 Å². The number of aliphatic hydroxyl groups is 1. The van der Waals surface area contributed by atoms with Crippen molar-refractivity contribution in [3.63, 3.8) is 0 Å². The van der Waals surface area contributed by atoms with Gasteiger partial charge < -0.3 is 19.6 Å². The fourth-order valence-corrected chi connectivity index (χ4v) is 6.00. The van der Waals surface area contributed by atoms with E-state index >= 15 is 0 Å². The molecule has 2 aliphatic rings. The van der Waals surface area contributed by atoms with Crippen LogP contribution >= 0.6 is 11.8 Å². The molecule has 1 atom stereocenters. The molecule has 0 aliphatic carbocycles. The molecule has 6 rings (SSSR count). The summed E-state index contributed by atoms with van der Waals surface area (Å²) in [7, 11) is 0. The van der Waals surface area contributed by atoms with Crippen molar-refractivity contribution < 1.29 is 9.90 Å². The predicted octanol–water partition coefficient (Wildman–Crippen LogP) is 4.48. The molecule has 32 heavy (non-hydrogen) atoms. The quantitative estimate of drug-likeness (QED) is 0.421. The van der Waals surface area contributed by atoms with E-state index in [-0.39, 0.29) is 5.91 Å². The molecule has 1 unspecified atom stereocenters. The van der Waals surface area contributed by atoms with Gasteiger partial charge in [0.25, 0.3) is 5.91 Å². The Labute approximate surface area is 190 Å². The molecule has 4 aromatic rings. The van der Waals surface area contributed by atoms with Gasteiger partial charge >= 0.3 is 0 Å². The highest BCUT2D eigenvalue weighted by atomic mass is 32.2. The summed E-state index contributed by atoms with van der Waals surface area (Å²) in [6.07, 6.45) is 5.36. The number of aryl methyl sites for hydroxylation is 2. The van der Waals surface area contributed by atoms with Crippen LogP contribution in [0.4, 0.5) is 0 Å². The second kappa shape index (κ2) is 7.87. The highest BCUT2D eigenvalue weighted by Crippen LogP contribution is 2.40. The Hall–Kier alpha value is -2.96. The van der Waals surface area contributed by atoms with Crippen molar-refractivity contribution in [1.82, 2.24) is 14.5 Å². The zero-order chi connectivity index (χ0) is 21.7. The Bertz CT molecular complexity index is 1380. The second-order valence-electron chi connectivity index (χ2n) is 8.49. The molecule has 4 bridgehead atoms. The Morgan fingerprint density at radius 3 is 2.06 bits per heavy atom. The molecule has 1 amide bonds. The maximum absolute atomic E-state index is 13.2. The van der Waals surface area contributed by atoms with E-state index < -0.39 is 6.23 Å². The van der Waals surface area contributed by atoms with Gasteiger partial charge in [0.05, 0.1) is 5.57 Å². The summed E-state index contributed by atoms with van der Waals surface area (Å²) in [6.45, 7) is 1.84. The molecule has 0 fully saturated rings. The van der Waals surface area contributed by atoms with Crippen molar-refractivity contribution in [2.45, 2.75) is 32.2 Å². The molecule has 0 spiro atoms. The predicted molar refractivity (Wildman–Crippen MR) is 131 cm³/mol. The fourth-order valence-electron chi connectivity index (χ4n) is 5.13. The first kappa shape index (κ1) is 19.7. The van der Waals surface area contributed by atoms with Gasteiger partial charge in [-0.05, 0) is 36.5 Å². The molecule has 6 heteroatoms. The van der Waals surface area contributed by atoms with Crippen LogP contribution < -0.4 is 5.32 Å². The van der Waals surface area contributed by atoms with Crippen LogP contribution in [0.3, 0.4) is 0 Å². The maximum Gasteiger partial charge on any atom is 0.254 e. The molecule has 0 radical (unpaired) electrons. The van der Waals surface area contributed by atoms with Crippen LogP contribution in [0.25, 0.3) is 33.0 Å². The van der Waals surface area contributed by atoms with Crippen LogP contribution in [-0.4, -0.2) is 37.9 Å². The molecular weight excluding hydrogens is 418 g/mol. The highest BCUT2D eigenvalue weighted by Gasteiger charge is 2.35. The molecule has 4 heterocycles. The van der Waals surface area contributed by atoms with Crippen LogP contribution in [0.1, 0.15) is 24.0 Å². The molecule has 0 saturated heterocycles. The summed E-state index contributed by atoms with van der Waals surface area (Å²) in [5.41, 5.74) is 5.35. The third kappa shape index (κ3) is 3.09. The van der Waals surface area contributed by atoms with Gasteiger partial charge in [0.15, 0.2) is 6.23 Å². The lowest BCUT2D eigenvalue weighted by molar-refractivity contribution is -0.116. The first-order valence-electron chi connectivity index (χ1n) is 11.2. The third-order valence-electron chi connectivity index (χ3n) is 6.55. The number of nitrogens with zero attached hydrogens (tertiary/aromatic N) is 2. The second-order valence-corrected chi connectivity index (χ2v) is 9.72. The molecule has 0 saturated carbocycles. The summed E-state index contributed by atoms with van der Waals surface area (Å²) in [4.78, 5) is 13.2. The number of aromatic nitrogens is 2. The Morgan fingerprint density at radius 1 is 0.844 bits per heavy atom. The van der Waals surface area contributed by atoms with E-state index in [9.17, 15) is 9.90 Å². The SMILES string of the molecule is O=C1NC(O)C2=C1c1cn(c3ccccc13)CCCSCCCn1cc2c2ccccc21. The standard InChI is InChI=1S/C26H25N3O2S/c30-25-23-19-15-28(21-9-3-1-7-17(19)21)11-5-13-32-14-6-12-29-16-20(24(23)26(31)27-25)18-8-2-4-10-22(18)29/h1-4,7-10,15-16,25,30H,5-6,11-14H2,(H,27,31). The number of para-hydroxylation sites is 2. The first-order valence-corrected chi connectivity index (χ1v) is 12.3. The molecular formula is C26H25N3O2S. The van der Waals surface area contributed by atoms with Crippen molar-refractivity contribution in [2.75, 3.05) is 11.5 Å². The van der Waals surface area contributed by atoms with E-state index in [1.807, 2.05) is 36.0 Å². The summed E-state index contributed by atoms with van der Waals surface area (Å²) in [5.74, 6) is 2.02. The molecule has 2 N–H and O–H groups in total. The maximum atomic E-state index is 13.2. The van der Waals surface area contributed by atoms with Gasteiger partial charge in [0.2, 0.25) is 0 Å². The largest absolute Gasteiger partial charge is 0.369 e. The lowest BCUT2D eigenvalue weighted by Crippen LogP contribution is -2.27. The Morgan fingerprint density at radius 2 is 1.41 bits per heavy atom. The molecule has 162 valence electrons.